The van der Waals surface area contributed by atoms with Crippen LogP contribution in [0.4, 0.5) is 11.4 Å². The van der Waals surface area contributed by atoms with Crippen molar-refractivity contribution in [2.24, 2.45) is 16.7 Å². The van der Waals surface area contributed by atoms with E-state index in [1.807, 2.05) is 0 Å². The molecule has 2 aromatic rings. The Kier molecular flexibility index (Phi) is 14.5. The summed E-state index contributed by atoms with van der Waals surface area (Å²) in [7, 11) is 2.49. The monoisotopic (exact) mass is 667 g/mol. The van der Waals surface area contributed by atoms with E-state index in [4.69, 9.17) is 9.47 Å². The highest BCUT2D eigenvalue weighted by Gasteiger charge is 2.42. The van der Waals surface area contributed by atoms with Crippen LogP contribution in [0.3, 0.4) is 0 Å². The quantitative estimate of drug-likeness (QED) is 0.0991. The third-order valence-electron chi connectivity index (χ3n) is 7.48. The predicted octanol–water partition coefficient (Wildman–Crippen LogP) is 5.16. The number of rotatable bonds is 15. The Balaban J connectivity index is 2.08. The van der Waals surface area contributed by atoms with Crippen molar-refractivity contribution in [1.82, 2.24) is 0 Å². The minimum absolute atomic E-state index is 0.0332. The molecule has 2 atom stereocenters. The van der Waals surface area contributed by atoms with Gasteiger partial charge in [0.05, 0.1) is 43.2 Å². The fourth-order valence-electron chi connectivity index (χ4n) is 4.46. The van der Waals surface area contributed by atoms with Gasteiger partial charge in [-0.15, -0.1) is 0 Å². The first-order chi connectivity index (χ1) is 22.2. The second kappa shape index (κ2) is 17.8. The molecule has 0 aliphatic carbocycles. The Morgan fingerprint density at radius 2 is 1.60 bits per heavy atom. The van der Waals surface area contributed by atoms with E-state index in [2.05, 4.69) is 26.7 Å². The Bertz CT molecular complexity index is 1530. The van der Waals surface area contributed by atoms with Crippen LogP contribution >= 0.6 is 11.8 Å². The molecule has 2 unspecified atom stereocenters. The summed E-state index contributed by atoms with van der Waals surface area (Å²) in [6, 6.07) is 12.0. The van der Waals surface area contributed by atoms with Gasteiger partial charge in [-0.1, -0.05) is 44.7 Å². The number of carbonyl (C=O) groups excluding carboxylic acids is 5. The summed E-state index contributed by atoms with van der Waals surface area (Å²) in [5.74, 6) is -4.44. The van der Waals surface area contributed by atoms with Crippen LogP contribution in [0.15, 0.2) is 48.5 Å². The largest absolute Gasteiger partial charge is 0.478 e. The number of hydrogen-bond acceptors (Lipinski definition) is 10. The molecule has 2 aromatic carbocycles. The third kappa shape index (κ3) is 11.5. The van der Waals surface area contributed by atoms with Crippen LogP contribution < -0.4 is 10.6 Å². The molecule has 0 aliphatic rings. The van der Waals surface area contributed by atoms with Crippen LogP contribution in [0.1, 0.15) is 67.7 Å². The Labute approximate surface area is 278 Å². The summed E-state index contributed by atoms with van der Waals surface area (Å²) < 4.78 is 14.7. The molecule has 0 spiro atoms. The zero-order chi connectivity index (χ0) is 35.2. The van der Waals surface area contributed by atoms with Crippen molar-refractivity contribution >= 4 is 58.8 Å². The molecule has 0 fully saturated rings. The van der Waals surface area contributed by atoms with Crippen LogP contribution in [0.25, 0.3) is 0 Å². The molecule has 0 aromatic heterocycles. The molecule has 2 rings (SSSR count). The molecule has 0 heterocycles. The molecule has 251 valence electrons. The lowest BCUT2D eigenvalue weighted by atomic mass is 9.73. The van der Waals surface area contributed by atoms with Crippen molar-refractivity contribution < 1.29 is 48.1 Å². The van der Waals surface area contributed by atoms with Gasteiger partial charge in [-0.3, -0.25) is 24.0 Å². The number of anilines is 2. The summed E-state index contributed by atoms with van der Waals surface area (Å²) in [6.07, 6.45) is 4.00. The van der Waals surface area contributed by atoms with Crippen molar-refractivity contribution in [3.63, 3.8) is 0 Å². The highest BCUT2D eigenvalue weighted by atomic mass is 32.2. The van der Waals surface area contributed by atoms with Gasteiger partial charge in [-0.05, 0) is 62.6 Å². The molecular formula is C34H39N2O10S. The zero-order valence-corrected chi connectivity index (χ0v) is 27.9. The Hall–Kier alpha value is -4.83. The maximum atomic E-state index is 13.4. The predicted molar refractivity (Wildman–Crippen MR) is 176 cm³/mol. The van der Waals surface area contributed by atoms with Gasteiger partial charge in [-0.25, -0.2) is 4.79 Å². The highest BCUT2D eigenvalue weighted by molar-refractivity contribution is 8.04. The average molecular weight is 668 g/mol. The fraction of sp³-hybridized carbons (Fsp3) is 0.382. The number of hydrogen-bond donors (Lipinski definition) is 3. The first-order valence-corrected chi connectivity index (χ1v) is 15.5. The average Bonchev–Trinajstić information content (AvgIpc) is 3.05. The standard InChI is InChI=1S/C34H39N2O10S/c1-7-34(4,32(43)46-17-19-47-18-16-27(37)44-5)21-23(30(41)45-6)20-33(2,3)31(42)35-24-14-12-22(13-15-24)28(38)36-26-11-9-8-10-25(26)29(39)40/h8-16,23H,7,18,20-21H2,1-6H3,(H,35,42)(H,36,38)(H,39,40). The molecule has 0 aliphatic heterocycles. The number of aromatic carboxylic acids is 1. The maximum Gasteiger partial charge on any atom is 0.337 e. The molecule has 3 N–H and O–H groups in total. The number of benzene rings is 2. The number of esters is 3. The number of carbonyl (C=O) groups is 6. The normalized spacial score (nSPS) is 12.6. The molecule has 1 radical (unpaired) electrons. The van der Waals surface area contributed by atoms with Crippen LogP contribution in [-0.4, -0.2) is 60.8 Å². The first-order valence-electron chi connectivity index (χ1n) is 14.5. The van der Waals surface area contributed by atoms with E-state index >= 15 is 0 Å². The zero-order valence-electron chi connectivity index (χ0n) is 27.1. The third-order valence-corrected chi connectivity index (χ3v) is 8.04. The number of carboxylic acids is 1. The molecule has 13 heteroatoms. The van der Waals surface area contributed by atoms with E-state index < -0.39 is 52.4 Å². The Morgan fingerprint density at radius 3 is 2.19 bits per heavy atom. The van der Waals surface area contributed by atoms with Gasteiger partial charge in [0.1, 0.15) is 6.11 Å². The van der Waals surface area contributed by atoms with E-state index in [9.17, 15) is 33.9 Å². The molecule has 0 saturated carbocycles. The summed E-state index contributed by atoms with van der Waals surface area (Å²) in [4.78, 5) is 74.5. The van der Waals surface area contributed by atoms with Gasteiger partial charge in [-0.2, -0.15) is 0 Å². The van der Waals surface area contributed by atoms with E-state index in [0.29, 0.717) is 12.1 Å². The second-order valence-corrected chi connectivity index (χ2v) is 12.2. The van der Waals surface area contributed by atoms with Crippen LogP contribution in [0.2, 0.25) is 0 Å². The number of thioether (sulfide) groups is 1. The van der Waals surface area contributed by atoms with Crippen LogP contribution in [0, 0.1) is 34.5 Å². The minimum Gasteiger partial charge on any atom is -0.478 e. The first kappa shape index (κ1) is 38.4. The second-order valence-electron chi connectivity index (χ2n) is 11.4. The lowest BCUT2D eigenvalue weighted by Crippen LogP contribution is -2.38. The molecular weight excluding hydrogens is 628 g/mol. The lowest BCUT2D eigenvalue weighted by molar-refractivity contribution is -0.154. The molecule has 0 bridgehead atoms. The van der Waals surface area contributed by atoms with Crippen LogP contribution in [-0.2, 0) is 33.4 Å². The van der Waals surface area contributed by atoms with Crippen LogP contribution in [0.5, 0.6) is 0 Å². The minimum atomic E-state index is -1.18. The smallest absolute Gasteiger partial charge is 0.337 e. The molecule has 0 saturated heterocycles. The van der Waals surface area contributed by atoms with Crippen molar-refractivity contribution in [3.8, 4) is 11.4 Å². The van der Waals surface area contributed by atoms with Gasteiger partial charge in [0.15, 0.2) is 0 Å². The molecule has 47 heavy (non-hydrogen) atoms. The number of ether oxygens (including phenoxy) is 3. The number of para-hydroxylation sites is 1. The van der Waals surface area contributed by atoms with Gasteiger partial charge in [0, 0.05) is 27.7 Å². The number of amides is 2. The summed E-state index contributed by atoms with van der Waals surface area (Å²) >= 11 is 1.04. The molecule has 2 amide bonds. The maximum absolute atomic E-state index is 13.4. The number of carboxylic acid groups (broad SMARTS) is 1. The fourth-order valence-corrected chi connectivity index (χ4v) is 4.87. The van der Waals surface area contributed by atoms with Crippen molar-refractivity contribution in [3.05, 3.63) is 66.1 Å². The van der Waals surface area contributed by atoms with E-state index in [-0.39, 0.29) is 35.4 Å². The molecule has 12 nitrogen and oxygen atoms in total. The lowest BCUT2D eigenvalue weighted by Gasteiger charge is -2.32. The number of methoxy groups -OCH3 is 2. The summed E-state index contributed by atoms with van der Waals surface area (Å²) in [5, 5.41) is 17.3. The summed E-state index contributed by atoms with van der Waals surface area (Å²) in [5.41, 5.74) is -1.49. The summed E-state index contributed by atoms with van der Waals surface area (Å²) in [6.45, 7) is 6.75. The highest BCUT2D eigenvalue weighted by Crippen LogP contribution is 2.38. The van der Waals surface area contributed by atoms with Gasteiger partial charge >= 0.3 is 23.9 Å². The van der Waals surface area contributed by atoms with Crippen molar-refractivity contribution in [2.45, 2.75) is 47.0 Å². The van der Waals surface area contributed by atoms with Crippen molar-refractivity contribution in [1.29, 1.82) is 0 Å². The van der Waals surface area contributed by atoms with E-state index in [0.717, 1.165) is 11.8 Å². The van der Waals surface area contributed by atoms with E-state index in [1.54, 1.807) is 39.8 Å². The SMILES string of the molecule is CCC(C)(CC(CC(C)(C)C(=O)Nc1ccc(C(=O)Nc2ccccc2C(=O)O)cc1)C(=O)OC)C(=O)OC#CSC[CH]C(=O)OC. The Morgan fingerprint density at radius 1 is 0.936 bits per heavy atom. The van der Waals surface area contributed by atoms with Gasteiger partial charge in [0.25, 0.3) is 5.91 Å². The van der Waals surface area contributed by atoms with Gasteiger partial charge < -0.3 is 30.0 Å². The number of nitrogens with one attached hydrogen (secondary N) is 2. The topological polar surface area (TPSA) is 174 Å². The van der Waals surface area contributed by atoms with Gasteiger partial charge in [0.2, 0.25) is 5.91 Å². The van der Waals surface area contributed by atoms with Crippen molar-refractivity contribution in [2.75, 3.05) is 30.6 Å². The van der Waals surface area contributed by atoms with E-state index in [1.165, 1.54) is 57.0 Å².